The van der Waals surface area contributed by atoms with Crippen molar-refractivity contribution >= 4 is 39.4 Å². The van der Waals surface area contributed by atoms with E-state index in [0.717, 1.165) is 28.4 Å². The highest BCUT2D eigenvalue weighted by Crippen LogP contribution is 2.30. The highest BCUT2D eigenvalue weighted by Gasteiger charge is 2.13. The van der Waals surface area contributed by atoms with Crippen molar-refractivity contribution in [2.75, 3.05) is 11.9 Å². The third-order valence-electron chi connectivity index (χ3n) is 5.03. The molecule has 4 rings (SSSR count). The Morgan fingerprint density at radius 2 is 1.70 bits per heavy atom. The molecule has 0 fully saturated rings. The second-order valence-corrected chi connectivity index (χ2v) is 6.97. The van der Waals surface area contributed by atoms with Crippen LogP contribution < -0.4 is 5.32 Å². The number of para-hydroxylation sites is 1. The molecule has 6 heteroatoms. The Kier molecular flexibility index (Phi) is 5.48. The average molecular weight is 404 g/mol. The summed E-state index contributed by atoms with van der Waals surface area (Å²) < 4.78 is 20.8. The van der Waals surface area contributed by atoms with Gasteiger partial charge in [-0.05, 0) is 42.8 Å². The molecule has 1 N–H and O–H groups in total. The molecule has 152 valence electrons. The number of ether oxygens (including phenoxy) is 1. The Labute approximate surface area is 173 Å². The molecule has 1 amide bonds. The van der Waals surface area contributed by atoms with E-state index in [9.17, 15) is 14.0 Å². The molecule has 0 aliphatic carbocycles. The molecule has 0 atom stereocenters. The number of esters is 1. The predicted molar refractivity (Wildman–Crippen MR) is 115 cm³/mol. The first-order valence-corrected chi connectivity index (χ1v) is 9.76. The number of hydrogen-bond acceptors (Lipinski definition) is 3. The molecular formula is C24H21FN2O3. The van der Waals surface area contributed by atoms with Crippen LogP contribution in [-0.2, 0) is 27.3 Å². The topological polar surface area (TPSA) is 60.3 Å². The second kappa shape index (κ2) is 8.37. The number of fused-ring (bicyclic) bond motifs is 3. The summed E-state index contributed by atoms with van der Waals surface area (Å²) in [5.41, 5.74) is 3.09. The molecule has 3 aromatic carbocycles. The lowest BCUT2D eigenvalue weighted by molar-refractivity contribution is -0.146. The van der Waals surface area contributed by atoms with Crippen LogP contribution in [0.3, 0.4) is 0 Å². The van der Waals surface area contributed by atoms with Crippen LogP contribution >= 0.6 is 0 Å². The summed E-state index contributed by atoms with van der Waals surface area (Å²) in [7, 11) is 0. The maximum Gasteiger partial charge on any atom is 0.310 e. The van der Waals surface area contributed by atoms with Gasteiger partial charge in [-0.3, -0.25) is 9.59 Å². The molecule has 0 spiro atoms. The maximum absolute atomic E-state index is 13.6. The number of rotatable bonds is 6. The summed E-state index contributed by atoms with van der Waals surface area (Å²) in [6.45, 7) is 2.51. The summed E-state index contributed by atoms with van der Waals surface area (Å²) >= 11 is 0. The molecule has 0 saturated carbocycles. The molecule has 0 saturated heterocycles. The number of anilines is 1. The Morgan fingerprint density at radius 3 is 2.50 bits per heavy atom. The van der Waals surface area contributed by atoms with Gasteiger partial charge < -0.3 is 14.6 Å². The molecular weight excluding hydrogens is 383 g/mol. The lowest BCUT2D eigenvalue weighted by Crippen LogP contribution is -2.21. The Bertz CT molecular complexity index is 1250. The molecule has 1 aromatic heterocycles. The lowest BCUT2D eigenvalue weighted by atomic mass is 10.1. The van der Waals surface area contributed by atoms with Crippen LogP contribution in [0, 0.1) is 5.82 Å². The van der Waals surface area contributed by atoms with E-state index in [1.165, 1.54) is 12.1 Å². The van der Waals surface area contributed by atoms with Crippen molar-refractivity contribution in [1.29, 1.82) is 0 Å². The zero-order valence-corrected chi connectivity index (χ0v) is 16.5. The second-order valence-electron chi connectivity index (χ2n) is 6.97. The van der Waals surface area contributed by atoms with Gasteiger partial charge in [-0.15, -0.1) is 0 Å². The minimum Gasteiger partial charge on any atom is -0.455 e. The van der Waals surface area contributed by atoms with E-state index >= 15 is 0 Å². The number of amides is 1. The molecule has 4 aromatic rings. The van der Waals surface area contributed by atoms with Crippen molar-refractivity contribution in [3.8, 4) is 0 Å². The van der Waals surface area contributed by atoms with Gasteiger partial charge in [-0.25, -0.2) is 4.39 Å². The first kappa shape index (κ1) is 19.6. The van der Waals surface area contributed by atoms with Crippen LogP contribution in [0.15, 0.2) is 66.7 Å². The van der Waals surface area contributed by atoms with Crippen molar-refractivity contribution < 1.29 is 18.7 Å². The number of carbonyl (C=O) groups is 2. The largest absolute Gasteiger partial charge is 0.455 e. The number of nitrogens with zero attached hydrogens (tertiary/aromatic N) is 1. The first-order valence-electron chi connectivity index (χ1n) is 9.76. The monoisotopic (exact) mass is 404 g/mol. The molecule has 1 heterocycles. The van der Waals surface area contributed by atoms with Crippen LogP contribution in [0.4, 0.5) is 10.1 Å². The van der Waals surface area contributed by atoms with E-state index in [-0.39, 0.29) is 12.0 Å². The smallest absolute Gasteiger partial charge is 0.310 e. The summed E-state index contributed by atoms with van der Waals surface area (Å²) in [6.07, 6.45) is -0.220. The van der Waals surface area contributed by atoms with Crippen molar-refractivity contribution in [2.24, 2.45) is 0 Å². The van der Waals surface area contributed by atoms with Gasteiger partial charge in [0.2, 0.25) is 0 Å². The van der Waals surface area contributed by atoms with Crippen LogP contribution in [0.5, 0.6) is 0 Å². The number of hydrogen-bond donors (Lipinski definition) is 1. The van der Waals surface area contributed by atoms with Gasteiger partial charge in [0, 0.05) is 34.0 Å². The number of aromatic nitrogens is 1. The van der Waals surface area contributed by atoms with Gasteiger partial charge in [-0.1, -0.05) is 36.4 Å². The van der Waals surface area contributed by atoms with Crippen molar-refractivity contribution in [3.05, 3.63) is 78.1 Å². The van der Waals surface area contributed by atoms with Crippen LogP contribution in [0.2, 0.25) is 0 Å². The highest BCUT2D eigenvalue weighted by molar-refractivity contribution is 6.09. The number of carbonyl (C=O) groups excluding carboxylic acids is 2. The SMILES string of the molecule is CCn1c2ccccc2c2cc(NC(=O)COC(=O)Cc3ccccc3F)ccc21. The van der Waals surface area contributed by atoms with E-state index in [4.69, 9.17) is 4.74 Å². The van der Waals surface area contributed by atoms with E-state index < -0.39 is 24.3 Å². The number of benzene rings is 3. The minimum atomic E-state index is -0.656. The molecule has 0 radical (unpaired) electrons. The molecule has 0 aliphatic heterocycles. The molecule has 0 aliphatic rings. The maximum atomic E-state index is 13.6. The van der Waals surface area contributed by atoms with Gasteiger partial charge in [0.1, 0.15) is 5.82 Å². The standard InChI is InChI=1S/C24H21FN2O3/c1-2-27-21-10-6-4-8-18(21)19-14-17(11-12-22(19)27)26-23(28)15-30-24(29)13-16-7-3-5-9-20(16)25/h3-12,14H,2,13,15H2,1H3,(H,26,28). The molecule has 0 bridgehead atoms. The summed E-state index contributed by atoms with van der Waals surface area (Å²) in [5.74, 6) is -1.58. The minimum absolute atomic E-state index is 0.220. The summed E-state index contributed by atoms with van der Waals surface area (Å²) in [6, 6.07) is 19.8. The number of halogens is 1. The fourth-order valence-electron chi connectivity index (χ4n) is 3.66. The lowest BCUT2D eigenvalue weighted by Gasteiger charge is -2.08. The van der Waals surface area contributed by atoms with E-state index in [2.05, 4.69) is 28.9 Å². The Balaban J connectivity index is 1.44. The third-order valence-corrected chi connectivity index (χ3v) is 5.03. The van der Waals surface area contributed by atoms with Gasteiger partial charge in [-0.2, -0.15) is 0 Å². The van der Waals surface area contributed by atoms with Gasteiger partial charge >= 0.3 is 5.97 Å². The number of nitrogens with one attached hydrogen (secondary N) is 1. The van der Waals surface area contributed by atoms with E-state index in [0.29, 0.717) is 5.69 Å². The quantitative estimate of drug-likeness (QED) is 0.475. The van der Waals surface area contributed by atoms with E-state index in [1.54, 1.807) is 12.1 Å². The van der Waals surface area contributed by atoms with Crippen LogP contribution in [0.25, 0.3) is 21.8 Å². The fourth-order valence-corrected chi connectivity index (χ4v) is 3.66. The fraction of sp³-hybridized carbons (Fsp3) is 0.167. The van der Waals surface area contributed by atoms with Crippen LogP contribution in [-0.4, -0.2) is 23.1 Å². The Morgan fingerprint density at radius 1 is 0.967 bits per heavy atom. The van der Waals surface area contributed by atoms with Crippen molar-refractivity contribution in [1.82, 2.24) is 4.57 Å². The van der Waals surface area contributed by atoms with Crippen molar-refractivity contribution in [2.45, 2.75) is 19.9 Å². The molecule has 30 heavy (non-hydrogen) atoms. The Hall–Kier alpha value is -3.67. The predicted octanol–water partition coefficient (Wildman–Crippen LogP) is 4.68. The normalized spacial score (nSPS) is 11.0. The zero-order chi connectivity index (χ0) is 21.1. The van der Waals surface area contributed by atoms with Crippen LogP contribution in [0.1, 0.15) is 12.5 Å². The highest BCUT2D eigenvalue weighted by atomic mass is 19.1. The zero-order valence-electron chi connectivity index (χ0n) is 16.5. The first-order chi connectivity index (χ1) is 14.6. The molecule has 0 unspecified atom stereocenters. The van der Waals surface area contributed by atoms with Crippen molar-refractivity contribution in [3.63, 3.8) is 0 Å². The third kappa shape index (κ3) is 3.89. The van der Waals surface area contributed by atoms with Gasteiger partial charge in [0.15, 0.2) is 6.61 Å². The average Bonchev–Trinajstić information content (AvgIpc) is 3.07. The molecule has 5 nitrogen and oxygen atoms in total. The van der Waals surface area contributed by atoms with E-state index in [1.807, 2.05) is 30.3 Å². The van der Waals surface area contributed by atoms with Gasteiger partial charge in [0.05, 0.1) is 6.42 Å². The summed E-state index contributed by atoms with van der Waals surface area (Å²) in [4.78, 5) is 24.1. The number of aryl methyl sites for hydroxylation is 1. The van der Waals surface area contributed by atoms with Gasteiger partial charge in [0.25, 0.3) is 5.91 Å². The summed E-state index contributed by atoms with van der Waals surface area (Å²) in [5, 5.41) is 4.91.